The highest BCUT2D eigenvalue weighted by Crippen LogP contribution is 1.98. The molecule has 2 heteroatoms. The van der Waals surface area contributed by atoms with Crippen LogP contribution in [0.2, 0.25) is 0 Å². The van der Waals surface area contributed by atoms with Crippen LogP contribution in [0.5, 0.6) is 0 Å². The molecule has 0 radical (unpaired) electrons. The van der Waals surface area contributed by atoms with Crippen LogP contribution in [0.4, 0.5) is 0 Å². The van der Waals surface area contributed by atoms with Crippen LogP contribution < -0.4 is 0 Å². The van der Waals surface area contributed by atoms with Crippen LogP contribution in [0.25, 0.3) is 0 Å². The summed E-state index contributed by atoms with van der Waals surface area (Å²) < 4.78 is 60.5. The molecule has 0 N–H and O–H groups in total. The predicted molar refractivity (Wildman–Crippen MR) is 25.1 cm³/mol. The van der Waals surface area contributed by atoms with Crippen LogP contribution in [0, 0.1) is 0 Å². The van der Waals surface area contributed by atoms with E-state index in [1.54, 1.807) is 0 Å². The maximum Gasteiger partial charge on any atom is 0.137 e. The maximum atomic E-state index is 11.3. The zero-order valence-corrected chi connectivity index (χ0v) is 3.32. The van der Waals surface area contributed by atoms with E-state index in [-0.39, 0.29) is 0 Å². The van der Waals surface area contributed by atoms with Gasteiger partial charge in [0.25, 0.3) is 0 Å². The fourth-order valence-electron chi connectivity index (χ4n) is 0.200. The molecule has 1 aliphatic rings. The minimum atomic E-state index is -3.22. The van der Waals surface area contributed by atoms with Crippen LogP contribution in [-0.4, -0.2) is 18.9 Å². The Morgan fingerprint density at radius 3 is 2.71 bits per heavy atom. The van der Waals surface area contributed by atoms with Crippen molar-refractivity contribution in [2.75, 3.05) is 13.1 Å². The molecule has 7 heavy (non-hydrogen) atoms. The van der Waals surface area contributed by atoms with Crippen molar-refractivity contribution in [2.45, 2.75) is 12.7 Å². The van der Waals surface area contributed by atoms with Gasteiger partial charge in [0.1, 0.15) is 5.78 Å². The molecule has 1 fully saturated rings. The van der Waals surface area contributed by atoms with Gasteiger partial charge in [-0.1, -0.05) is 0 Å². The molecule has 0 atom stereocenters. The summed E-state index contributed by atoms with van der Waals surface area (Å²) in [6.45, 7) is -6.39. The van der Waals surface area contributed by atoms with Gasteiger partial charge in [-0.15, -0.1) is 0 Å². The van der Waals surface area contributed by atoms with Crippen molar-refractivity contribution in [3.05, 3.63) is 0 Å². The van der Waals surface area contributed by atoms with E-state index < -0.39 is 31.6 Å². The molecular formula is C5H8O2. The third kappa shape index (κ3) is 1.27. The molecule has 1 heterocycles. The minimum Gasteiger partial charge on any atom is -0.381 e. The van der Waals surface area contributed by atoms with Crippen molar-refractivity contribution in [1.82, 2.24) is 0 Å². The molecule has 1 rings (SSSR count). The molecular weight excluding hydrogens is 92.1 g/mol. The van der Waals surface area contributed by atoms with Crippen LogP contribution >= 0.6 is 0 Å². The van der Waals surface area contributed by atoms with Crippen LogP contribution in [0.3, 0.4) is 0 Å². The van der Waals surface area contributed by atoms with Gasteiger partial charge in [0.2, 0.25) is 0 Å². The second-order valence-electron chi connectivity index (χ2n) is 0.885. The first-order valence-electron chi connectivity index (χ1n) is 5.61. The Hall–Kier alpha value is -0.370. The molecule has 2 nitrogen and oxygen atoms in total. The molecule has 0 aromatic heterocycles. The van der Waals surface area contributed by atoms with E-state index in [4.69, 9.17) is 11.0 Å². The smallest absolute Gasteiger partial charge is 0.137 e. The SMILES string of the molecule is [2H]C1([2H])OC([2H])([2H])C([2H])([2H])C(=O)C1([2H])[2H]. The molecule has 0 bridgehead atoms. The monoisotopic (exact) mass is 108 g/mol. The number of rotatable bonds is 0. The highest BCUT2D eigenvalue weighted by atomic mass is 16.5. The minimum absolute atomic E-state index is 1.80. The molecule has 1 aliphatic heterocycles. The van der Waals surface area contributed by atoms with Gasteiger partial charge in [-0.25, -0.2) is 0 Å². The molecule has 1 saturated heterocycles. The summed E-state index contributed by atoms with van der Waals surface area (Å²) in [5.41, 5.74) is 0. The summed E-state index contributed by atoms with van der Waals surface area (Å²) in [7, 11) is 0. The van der Waals surface area contributed by atoms with Crippen LogP contribution in [-0.2, 0) is 9.53 Å². The van der Waals surface area contributed by atoms with Crippen molar-refractivity contribution in [1.29, 1.82) is 0 Å². The Bertz CT molecular complexity index is 280. The van der Waals surface area contributed by atoms with E-state index in [1.807, 2.05) is 0 Å². The number of carbonyl (C=O) groups is 1. The van der Waals surface area contributed by atoms with Gasteiger partial charge in [-0.2, -0.15) is 0 Å². The molecule has 0 aliphatic carbocycles. The van der Waals surface area contributed by atoms with Gasteiger partial charge in [0.05, 0.1) is 18.6 Å². The van der Waals surface area contributed by atoms with Crippen LogP contribution in [0.1, 0.15) is 23.7 Å². The summed E-state index contributed by atoms with van der Waals surface area (Å²) in [4.78, 5) is 11.3. The Labute approximate surface area is 53.7 Å². The van der Waals surface area contributed by atoms with Gasteiger partial charge in [-0.05, 0) is 0 Å². The largest absolute Gasteiger partial charge is 0.381 e. The maximum absolute atomic E-state index is 11.3. The molecule has 40 valence electrons. The Balaban J connectivity index is 3.31. The summed E-state index contributed by atoms with van der Waals surface area (Å²) in [5.74, 6) is -1.80. The van der Waals surface area contributed by atoms with Crippen molar-refractivity contribution >= 4 is 5.78 Å². The van der Waals surface area contributed by atoms with E-state index in [0.29, 0.717) is 0 Å². The first kappa shape index (κ1) is 0.982. The first-order chi connectivity index (χ1) is 6.36. The lowest BCUT2D eigenvalue weighted by Gasteiger charge is -2.07. The summed E-state index contributed by atoms with van der Waals surface area (Å²) in [5, 5.41) is 0. The fraction of sp³-hybridized carbons (Fsp3) is 0.800. The Morgan fingerprint density at radius 1 is 1.57 bits per heavy atom. The number of ketones is 1. The average molecular weight is 108 g/mol. The highest BCUT2D eigenvalue weighted by Gasteiger charge is 2.06. The van der Waals surface area contributed by atoms with Crippen molar-refractivity contribution in [2.24, 2.45) is 0 Å². The zero-order valence-electron chi connectivity index (χ0n) is 11.3. The van der Waals surface area contributed by atoms with Gasteiger partial charge in [0.15, 0.2) is 0 Å². The number of Topliss-reactive ketones (excluding diaryl/α,β-unsaturated/α-hetero) is 1. The zero-order chi connectivity index (χ0) is 12.3. The molecule has 0 saturated carbocycles. The summed E-state index contributed by atoms with van der Waals surface area (Å²) in [6, 6.07) is 0. The molecule has 0 spiro atoms. The number of ether oxygens (including phenoxy) is 1. The van der Waals surface area contributed by atoms with Gasteiger partial charge in [0, 0.05) is 18.2 Å². The van der Waals surface area contributed by atoms with Gasteiger partial charge < -0.3 is 4.74 Å². The first-order valence-corrected chi connectivity index (χ1v) is 1.61. The van der Waals surface area contributed by atoms with Crippen molar-refractivity contribution < 1.29 is 20.5 Å². The van der Waals surface area contributed by atoms with E-state index in [9.17, 15) is 4.79 Å². The number of carbonyl (C=O) groups excluding carboxylic acids is 1. The average Bonchev–Trinajstić information content (AvgIpc) is 1.98. The number of hydrogen-bond donors (Lipinski definition) is 0. The topological polar surface area (TPSA) is 26.3 Å². The standard InChI is InChI=1S/C5H8O2/c6-5-1-3-7-4-2-5/h1-4H2/i1D2,2D2,3D2,4D2. The molecule has 0 unspecified atom stereocenters. The van der Waals surface area contributed by atoms with E-state index in [2.05, 4.69) is 4.74 Å². The Morgan fingerprint density at radius 2 is 2.14 bits per heavy atom. The van der Waals surface area contributed by atoms with E-state index >= 15 is 0 Å². The third-order valence-electron chi connectivity index (χ3n) is 0.431. The fourth-order valence-corrected chi connectivity index (χ4v) is 0.200. The quantitative estimate of drug-likeness (QED) is 0.448. The number of hydrogen-bond acceptors (Lipinski definition) is 2. The lowest BCUT2D eigenvalue weighted by molar-refractivity contribution is -0.124. The third-order valence-corrected chi connectivity index (χ3v) is 0.431. The predicted octanol–water partition coefficient (Wildman–Crippen LogP) is 0.366. The van der Waals surface area contributed by atoms with Gasteiger partial charge in [-0.3, -0.25) is 4.79 Å². The normalized spacial score (nSPS) is 68.3. The molecule has 0 amide bonds. The van der Waals surface area contributed by atoms with E-state index in [1.165, 1.54) is 0 Å². The van der Waals surface area contributed by atoms with Crippen molar-refractivity contribution in [3.8, 4) is 0 Å². The summed E-state index contributed by atoms with van der Waals surface area (Å²) in [6.07, 6.45) is -6.44. The summed E-state index contributed by atoms with van der Waals surface area (Å²) >= 11 is 0. The lowest BCUT2D eigenvalue weighted by Crippen LogP contribution is -2.14. The second-order valence-corrected chi connectivity index (χ2v) is 0.885. The lowest BCUT2D eigenvalue weighted by atomic mass is 10.2. The van der Waals surface area contributed by atoms with E-state index in [0.717, 1.165) is 0 Å². The Kier molecular flexibility index (Phi) is 0.291. The van der Waals surface area contributed by atoms with Gasteiger partial charge >= 0.3 is 0 Å². The van der Waals surface area contributed by atoms with Crippen LogP contribution in [0.15, 0.2) is 0 Å². The molecule has 0 aromatic rings. The molecule has 0 aromatic carbocycles. The highest BCUT2D eigenvalue weighted by molar-refractivity contribution is 5.78. The second kappa shape index (κ2) is 2.07. The van der Waals surface area contributed by atoms with Crippen molar-refractivity contribution in [3.63, 3.8) is 0 Å².